The van der Waals surface area contributed by atoms with Crippen LogP contribution in [-0.4, -0.2) is 32.7 Å². The summed E-state index contributed by atoms with van der Waals surface area (Å²) in [6.07, 6.45) is 5.01. The van der Waals surface area contributed by atoms with E-state index in [4.69, 9.17) is 0 Å². The number of aryl methyl sites for hydroxylation is 1. The van der Waals surface area contributed by atoms with Crippen molar-refractivity contribution in [1.29, 1.82) is 0 Å². The van der Waals surface area contributed by atoms with Crippen LogP contribution in [0.5, 0.6) is 0 Å². The predicted octanol–water partition coefficient (Wildman–Crippen LogP) is 2.99. The van der Waals surface area contributed by atoms with Crippen LogP contribution in [0.2, 0.25) is 0 Å². The van der Waals surface area contributed by atoms with Gasteiger partial charge in [-0.1, -0.05) is 30.8 Å². The third-order valence-corrected chi connectivity index (χ3v) is 5.32. The molecule has 2 aromatic rings. The highest BCUT2D eigenvalue weighted by molar-refractivity contribution is 7.98. The molecule has 0 aliphatic carbocycles. The first kappa shape index (κ1) is 18.5. The van der Waals surface area contributed by atoms with E-state index in [1.807, 2.05) is 55.9 Å². The molecule has 0 bridgehead atoms. The zero-order chi connectivity index (χ0) is 17.6. The number of rotatable bonds is 8. The first-order chi connectivity index (χ1) is 11.5. The summed E-state index contributed by atoms with van der Waals surface area (Å²) in [5.41, 5.74) is 1.34. The second kappa shape index (κ2) is 8.35. The fraction of sp³-hybridized carbons (Fsp3) is 0.444. The quantitative estimate of drug-likeness (QED) is 0.721. The Morgan fingerprint density at radius 1 is 1.46 bits per heavy atom. The molecule has 1 heterocycles. The molecule has 1 aromatic heterocycles. The van der Waals surface area contributed by atoms with Crippen molar-refractivity contribution in [2.75, 3.05) is 6.61 Å². The molecule has 0 radical (unpaired) electrons. The molecule has 2 N–H and O–H groups in total. The maximum absolute atomic E-state index is 12.5. The molecule has 0 fully saturated rings. The van der Waals surface area contributed by atoms with Gasteiger partial charge >= 0.3 is 0 Å². The monoisotopic (exact) mass is 347 g/mol. The minimum absolute atomic E-state index is 0.0605. The van der Waals surface area contributed by atoms with Crippen molar-refractivity contribution in [2.24, 2.45) is 7.05 Å². The van der Waals surface area contributed by atoms with E-state index in [2.05, 4.69) is 10.3 Å². The standard InChI is InChI=1S/C18H25N3O2S/c1-4-18(2,8-11-22)20-16(23)15-7-5-6-14(12-15)13-24-17-19-9-10-21(17)3/h5-7,9-10,12,22H,4,8,11,13H2,1-3H3,(H,20,23). The smallest absolute Gasteiger partial charge is 0.251 e. The van der Waals surface area contributed by atoms with Gasteiger partial charge in [-0.15, -0.1) is 0 Å². The largest absolute Gasteiger partial charge is 0.396 e. The lowest BCUT2D eigenvalue weighted by Gasteiger charge is -2.29. The highest BCUT2D eigenvalue weighted by atomic mass is 32.2. The lowest BCUT2D eigenvalue weighted by molar-refractivity contribution is 0.0886. The minimum atomic E-state index is -0.385. The van der Waals surface area contributed by atoms with E-state index < -0.39 is 0 Å². The number of aliphatic hydroxyl groups excluding tert-OH is 1. The number of thioether (sulfide) groups is 1. The van der Waals surface area contributed by atoms with Crippen LogP contribution >= 0.6 is 11.8 Å². The number of amides is 1. The van der Waals surface area contributed by atoms with Crippen LogP contribution < -0.4 is 5.32 Å². The minimum Gasteiger partial charge on any atom is -0.396 e. The Balaban J connectivity index is 2.03. The van der Waals surface area contributed by atoms with Gasteiger partial charge in [0, 0.05) is 42.9 Å². The number of imidazole rings is 1. The van der Waals surface area contributed by atoms with Crippen molar-refractivity contribution in [3.05, 3.63) is 47.8 Å². The van der Waals surface area contributed by atoms with Crippen LogP contribution in [0.4, 0.5) is 0 Å². The predicted molar refractivity (Wildman–Crippen MR) is 97.1 cm³/mol. The molecule has 0 saturated carbocycles. The Bertz CT molecular complexity index is 686. The number of nitrogens with one attached hydrogen (secondary N) is 1. The summed E-state index contributed by atoms with van der Waals surface area (Å²) in [4.78, 5) is 16.8. The van der Waals surface area contributed by atoms with Gasteiger partial charge in [0.2, 0.25) is 0 Å². The first-order valence-electron chi connectivity index (χ1n) is 8.10. The molecule has 1 unspecified atom stereocenters. The van der Waals surface area contributed by atoms with Crippen LogP contribution in [0.1, 0.15) is 42.6 Å². The fourth-order valence-electron chi connectivity index (χ4n) is 2.36. The molecule has 1 atom stereocenters. The van der Waals surface area contributed by atoms with E-state index in [0.717, 1.165) is 22.9 Å². The maximum atomic E-state index is 12.5. The number of hydrogen-bond donors (Lipinski definition) is 2. The van der Waals surface area contributed by atoms with Gasteiger partial charge in [-0.05, 0) is 37.5 Å². The number of carbonyl (C=O) groups is 1. The zero-order valence-corrected chi connectivity index (χ0v) is 15.3. The third kappa shape index (κ3) is 4.85. The molecule has 0 aliphatic rings. The summed E-state index contributed by atoms with van der Waals surface area (Å²) in [7, 11) is 1.96. The molecule has 24 heavy (non-hydrogen) atoms. The lowest BCUT2D eigenvalue weighted by atomic mass is 9.94. The number of aromatic nitrogens is 2. The molecular weight excluding hydrogens is 322 g/mol. The third-order valence-electron chi connectivity index (χ3n) is 4.19. The molecule has 6 heteroatoms. The van der Waals surface area contributed by atoms with Crippen LogP contribution in [0, 0.1) is 0 Å². The first-order valence-corrected chi connectivity index (χ1v) is 9.08. The Kier molecular flexibility index (Phi) is 6.45. The van der Waals surface area contributed by atoms with Gasteiger partial charge in [-0.25, -0.2) is 4.98 Å². The summed E-state index contributed by atoms with van der Waals surface area (Å²) in [5, 5.41) is 13.2. The molecule has 1 aromatic carbocycles. The van der Waals surface area contributed by atoms with Crippen molar-refractivity contribution in [2.45, 2.75) is 43.1 Å². The van der Waals surface area contributed by atoms with Gasteiger partial charge in [-0.3, -0.25) is 4.79 Å². The summed E-state index contributed by atoms with van der Waals surface area (Å²) < 4.78 is 1.98. The Morgan fingerprint density at radius 2 is 2.25 bits per heavy atom. The number of hydrogen-bond acceptors (Lipinski definition) is 4. The topological polar surface area (TPSA) is 67.2 Å². The van der Waals surface area contributed by atoms with Crippen LogP contribution in [0.25, 0.3) is 0 Å². The normalized spacial score (nSPS) is 13.5. The van der Waals surface area contributed by atoms with Gasteiger partial charge in [0.05, 0.1) is 0 Å². The number of benzene rings is 1. The number of nitrogens with zero attached hydrogens (tertiary/aromatic N) is 2. The zero-order valence-electron chi connectivity index (χ0n) is 14.5. The second-order valence-corrected chi connectivity index (χ2v) is 7.09. The molecule has 1 amide bonds. The highest BCUT2D eigenvalue weighted by Gasteiger charge is 2.24. The van der Waals surface area contributed by atoms with Gasteiger partial charge in [0.25, 0.3) is 5.91 Å². The van der Waals surface area contributed by atoms with Crippen LogP contribution in [-0.2, 0) is 12.8 Å². The van der Waals surface area contributed by atoms with E-state index in [1.54, 1.807) is 18.0 Å². The second-order valence-electron chi connectivity index (χ2n) is 6.15. The summed E-state index contributed by atoms with van der Waals surface area (Å²) in [6, 6.07) is 7.65. The molecular formula is C18H25N3O2S. The molecule has 0 saturated heterocycles. The highest BCUT2D eigenvalue weighted by Crippen LogP contribution is 2.21. The van der Waals surface area contributed by atoms with Crippen molar-refractivity contribution < 1.29 is 9.90 Å². The van der Waals surface area contributed by atoms with Crippen LogP contribution in [0.15, 0.2) is 41.8 Å². The van der Waals surface area contributed by atoms with Gasteiger partial charge in [0.1, 0.15) is 0 Å². The van der Waals surface area contributed by atoms with Crippen LogP contribution in [0.3, 0.4) is 0 Å². The van der Waals surface area contributed by atoms with E-state index in [1.165, 1.54) is 0 Å². The van der Waals surface area contributed by atoms with Crippen molar-refractivity contribution in [3.8, 4) is 0 Å². The fourth-order valence-corrected chi connectivity index (χ4v) is 3.24. The van der Waals surface area contributed by atoms with E-state index >= 15 is 0 Å². The van der Waals surface area contributed by atoms with E-state index in [-0.39, 0.29) is 18.1 Å². The molecule has 2 rings (SSSR count). The molecule has 0 aliphatic heterocycles. The Labute approximate surface area is 147 Å². The van der Waals surface area contributed by atoms with E-state index in [9.17, 15) is 9.90 Å². The maximum Gasteiger partial charge on any atom is 0.251 e. The molecule has 0 spiro atoms. The Hall–Kier alpha value is -1.79. The van der Waals surface area contributed by atoms with Gasteiger partial charge in [-0.2, -0.15) is 0 Å². The average molecular weight is 347 g/mol. The molecule has 5 nitrogen and oxygen atoms in total. The summed E-state index contributed by atoms with van der Waals surface area (Å²) in [5.74, 6) is 0.657. The van der Waals surface area contributed by atoms with Gasteiger partial charge in [0.15, 0.2) is 5.16 Å². The van der Waals surface area contributed by atoms with Crippen molar-refractivity contribution >= 4 is 17.7 Å². The van der Waals surface area contributed by atoms with Crippen molar-refractivity contribution in [1.82, 2.24) is 14.9 Å². The molecule has 130 valence electrons. The summed E-state index contributed by atoms with van der Waals surface area (Å²) in [6.45, 7) is 4.03. The van der Waals surface area contributed by atoms with E-state index in [0.29, 0.717) is 12.0 Å². The number of aliphatic hydroxyl groups is 1. The summed E-state index contributed by atoms with van der Waals surface area (Å²) >= 11 is 1.64. The average Bonchev–Trinajstić information content (AvgIpc) is 2.98. The van der Waals surface area contributed by atoms with Gasteiger partial charge < -0.3 is 15.0 Å². The number of carbonyl (C=O) groups excluding carboxylic acids is 1. The van der Waals surface area contributed by atoms with Crippen molar-refractivity contribution in [3.63, 3.8) is 0 Å². The SMILES string of the molecule is CCC(C)(CCO)NC(=O)c1cccc(CSc2nccn2C)c1. The Morgan fingerprint density at radius 3 is 2.88 bits per heavy atom. The lowest BCUT2D eigenvalue weighted by Crippen LogP contribution is -2.46.